The van der Waals surface area contributed by atoms with E-state index in [0.29, 0.717) is 50.7 Å². The molecule has 3 aromatic heterocycles. The average molecular weight is 366 g/mol. The quantitative estimate of drug-likeness (QED) is 0.684. The van der Waals surface area contributed by atoms with Crippen molar-refractivity contribution >= 4 is 11.8 Å². The molecule has 138 valence electrons. The Morgan fingerprint density at radius 2 is 1.93 bits per heavy atom. The van der Waals surface area contributed by atoms with E-state index >= 15 is 0 Å². The summed E-state index contributed by atoms with van der Waals surface area (Å²) in [5, 5.41) is 9.36. The maximum atomic E-state index is 12.4. The smallest absolute Gasteiger partial charge is 0.266 e. The van der Waals surface area contributed by atoms with Crippen LogP contribution in [0.15, 0.2) is 50.0 Å². The highest BCUT2D eigenvalue weighted by Crippen LogP contribution is 2.29. The number of carbonyl (C=O) groups is 1. The second-order valence-electron chi connectivity index (χ2n) is 6.21. The normalized spacial score (nSPS) is 14.3. The molecule has 0 unspecified atom stereocenters. The monoisotopic (exact) mass is 366 g/mol. The summed E-state index contributed by atoms with van der Waals surface area (Å²) in [6, 6.07) is 9.22. The van der Waals surface area contributed by atoms with Crippen molar-refractivity contribution < 1.29 is 18.0 Å². The summed E-state index contributed by atoms with van der Waals surface area (Å²) >= 11 is 0. The predicted molar refractivity (Wildman–Crippen MR) is 94.7 cm³/mol. The number of aromatic nitrogens is 1. The van der Waals surface area contributed by atoms with Gasteiger partial charge in [0, 0.05) is 39.0 Å². The summed E-state index contributed by atoms with van der Waals surface area (Å²) < 4.78 is 16.3. The summed E-state index contributed by atoms with van der Waals surface area (Å²) in [7, 11) is 0. The molecule has 0 spiro atoms. The zero-order chi connectivity index (χ0) is 18.6. The molecule has 0 atom stereocenters. The van der Waals surface area contributed by atoms with Crippen LogP contribution in [0, 0.1) is 11.3 Å². The van der Waals surface area contributed by atoms with Crippen molar-refractivity contribution in [3.05, 3.63) is 48.2 Å². The Morgan fingerprint density at radius 1 is 1.15 bits per heavy atom. The first-order chi connectivity index (χ1) is 13.2. The fourth-order valence-corrected chi connectivity index (χ4v) is 3.11. The molecule has 4 heterocycles. The molecule has 0 N–H and O–H groups in total. The average Bonchev–Trinajstić information content (AvgIpc) is 3.47. The van der Waals surface area contributed by atoms with E-state index in [-0.39, 0.29) is 17.5 Å². The number of rotatable bonds is 5. The number of nitriles is 1. The van der Waals surface area contributed by atoms with Gasteiger partial charge in [0.1, 0.15) is 11.8 Å². The lowest BCUT2D eigenvalue weighted by Crippen LogP contribution is -2.49. The number of oxazole rings is 1. The van der Waals surface area contributed by atoms with E-state index in [1.165, 1.54) is 6.26 Å². The molecule has 0 aliphatic carbocycles. The number of aryl methyl sites for hydroxylation is 1. The van der Waals surface area contributed by atoms with Crippen LogP contribution in [-0.2, 0) is 11.2 Å². The van der Waals surface area contributed by atoms with Crippen LogP contribution in [0.4, 0.5) is 5.88 Å². The molecule has 0 radical (unpaired) electrons. The molecule has 8 heteroatoms. The number of hydrogen-bond donors (Lipinski definition) is 0. The van der Waals surface area contributed by atoms with Gasteiger partial charge in [0.2, 0.25) is 17.5 Å². The van der Waals surface area contributed by atoms with Gasteiger partial charge < -0.3 is 23.1 Å². The molecule has 0 aromatic carbocycles. The summed E-state index contributed by atoms with van der Waals surface area (Å²) in [6.45, 7) is 2.29. The van der Waals surface area contributed by atoms with E-state index in [1.807, 2.05) is 21.9 Å². The van der Waals surface area contributed by atoms with Gasteiger partial charge in [-0.25, -0.2) is 0 Å². The molecule has 27 heavy (non-hydrogen) atoms. The molecule has 4 rings (SSSR count). The van der Waals surface area contributed by atoms with Crippen molar-refractivity contribution in [2.24, 2.45) is 0 Å². The minimum Gasteiger partial charge on any atom is -0.469 e. The summed E-state index contributed by atoms with van der Waals surface area (Å²) in [5.41, 5.74) is 0.221. The van der Waals surface area contributed by atoms with Gasteiger partial charge in [-0.05, 0) is 24.3 Å². The molecular formula is C19H18N4O4. The van der Waals surface area contributed by atoms with Crippen molar-refractivity contribution in [1.82, 2.24) is 9.88 Å². The van der Waals surface area contributed by atoms with E-state index in [9.17, 15) is 10.1 Å². The van der Waals surface area contributed by atoms with E-state index < -0.39 is 0 Å². The van der Waals surface area contributed by atoms with Crippen LogP contribution in [0.5, 0.6) is 0 Å². The van der Waals surface area contributed by atoms with Crippen molar-refractivity contribution in [3.8, 4) is 17.7 Å². The number of amides is 1. The molecular weight excluding hydrogens is 348 g/mol. The van der Waals surface area contributed by atoms with Gasteiger partial charge in [-0.2, -0.15) is 10.2 Å². The third-order valence-electron chi connectivity index (χ3n) is 4.53. The molecule has 1 aliphatic heterocycles. The molecule has 3 aromatic rings. The van der Waals surface area contributed by atoms with Gasteiger partial charge in [-0.3, -0.25) is 4.79 Å². The zero-order valence-electron chi connectivity index (χ0n) is 14.6. The highest BCUT2D eigenvalue weighted by atomic mass is 16.4. The van der Waals surface area contributed by atoms with Crippen LogP contribution in [0.25, 0.3) is 11.7 Å². The first-order valence-corrected chi connectivity index (χ1v) is 8.74. The predicted octanol–water partition coefficient (Wildman–Crippen LogP) is 2.68. The second-order valence-corrected chi connectivity index (χ2v) is 6.21. The first kappa shape index (κ1) is 17.0. The molecule has 8 nitrogen and oxygen atoms in total. The molecule has 0 saturated carbocycles. The lowest BCUT2D eigenvalue weighted by Gasteiger charge is -2.34. The molecule has 1 aliphatic rings. The Hall–Kier alpha value is -3.47. The van der Waals surface area contributed by atoms with E-state index in [0.717, 1.165) is 5.76 Å². The van der Waals surface area contributed by atoms with Gasteiger partial charge in [0.25, 0.3) is 5.89 Å². The van der Waals surface area contributed by atoms with Gasteiger partial charge in [-0.15, -0.1) is 0 Å². The lowest BCUT2D eigenvalue weighted by molar-refractivity contribution is -0.131. The Morgan fingerprint density at radius 3 is 2.59 bits per heavy atom. The van der Waals surface area contributed by atoms with Crippen molar-refractivity contribution in [2.45, 2.75) is 12.8 Å². The van der Waals surface area contributed by atoms with E-state index in [1.54, 1.807) is 18.4 Å². The lowest BCUT2D eigenvalue weighted by atomic mass is 10.2. The number of nitrogens with zero attached hydrogens (tertiary/aromatic N) is 4. The highest BCUT2D eigenvalue weighted by molar-refractivity contribution is 5.76. The maximum absolute atomic E-state index is 12.4. The van der Waals surface area contributed by atoms with E-state index in [2.05, 4.69) is 11.1 Å². The topological polar surface area (TPSA) is 99.6 Å². The highest BCUT2D eigenvalue weighted by Gasteiger charge is 2.27. The van der Waals surface area contributed by atoms with Crippen molar-refractivity contribution in [3.63, 3.8) is 0 Å². The number of carbonyl (C=O) groups excluding carboxylic acids is 1. The number of anilines is 1. The van der Waals surface area contributed by atoms with Crippen LogP contribution in [0.2, 0.25) is 0 Å². The van der Waals surface area contributed by atoms with Crippen LogP contribution in [-0.4, -0.2) is 42.0 Å². The van der Waals surface area contributed by atoms with Crippen LogP contribution in [0.3, 0.4) is 0 Å². The molecule has 1 saturated heterocycles. The molecule has 1 amide bonds. The summed E-state index contributed by atoms with van der Waals surface area (Å²) in [5.74, 6) is 2.09. The SMILES string of the molecule is N#Cc1nc(-c2ccco2)oc1N1CCN(C(=O)CCc2ccco2)CC1. The largest absolute Gasteiger partial charge is 0.469 e. The van der Waals surface area contributed by atoms with Crippen LogP contribution in [0.1, 0.15) is 17.9 Å². The van der Waals surface area contributed by atoms with Gasteiger partial charge in [0.05, 0.1) is 12.5 Å². The van der Waals surface area contributed by atoms with Crippen LogP contribution >= 0.6 is 0 Å². The van der Waals surface area contributed by atoms with Gasteiger partial charge in [0.15, 0.2) is 5.76 Å². The standard InChI is InChI=1S/C19H18N4O4/c20-13-15-19(27-18(21-15)16-4-2-12-26-16)23-9-7-22(8-10-23)17(24)6-5-14-3-1-11-25-14/h1-4,11-12H,5-10H2. The van der Waals surface area contributed by atoms with Gasteiger partial charge in [-0.1, -0.05) is 0 Å². The minimum atomic E-state index is 0.0976. The Labute approximate surface area is 155 Å². The number of furan rings is 2. The van der Waals surface area contributed by atoms with Crippen molar-refractivity contribution in [1.29, 1.82) is 5.26 Å². The Bertz CT molecular complexity index is 929. The van der Waals surface area contributed by atoms with Gasteiger partial charge >= 0.3 is 0 Å². The molecule has 1 fully saturated rings. The third-order valence-corrected chi connectivity index (χ3v) is 4.53. The Balaban J connectivity index is 1.38. The fraction of sp³-hybridized carbons (Fsp3) is 0.316. The fourth-order valence-electron chi connectivity index (χ4n) is 3.11. The second kappa shape index (κ2) is 7.41. The maximum Gasteiger partial charge on any atom is 0.266 e. The number of hydrogen-bond acceptors (Lipinski definition) is 7. The summed E-state index contributed by atoms with van der Waals surface area (Å²) in [4.78, 5) is 20.4. The number of piperazine rings is 1. The molecule has 0 bridgehead atoms. The first-order valence-electron chi connectivity index (χ1n) is 8.74. The van der Waals surface area contributed by atoms with E-state index in [4.69, 9.17) is 13.3 Å². The summed E-state index contributed by atoms with van der Waals surface area (Å²) in [6.07, 6.45) is 4.15. The van der Waals surface area contributed by atoms with Crippen LogP contribution < -0.4 is 4.90 Å². The Kier molecular flexibility index (Phi) is 4.66. The minimum absolute atomic E-state index is 0.0976. The van der Waals surface area contributed by atoms with Crippen molar-refractivity contribution in [2.75, 3.05) is 31.1 Å². The zero-order valence-corrected chi connectivity index (χ0v) is 14.6. The third kappa shape index (κ3) is 3.58.